The van der Waals surface area contributed by atoms with Gasteiger partial charge in [0.05, 0.1) is 4.90 Å². The molecule has 0 fully saturated rings. The minimum atomic E-state index is -4.02. The lowest BCUT2D eigenvalue weighted by atomic mass is 9.94. The van der Waals surface area contributed by atoms with E-state index >= 15 is 0 Å². The van der Waals surface area contributed by atoms with Crippen LogP contribution in [0.1, 0.15) is 135 Å². The van der Waals surface area contributed by atoms with Gasteiger partial charge in [-0.05, 0) is 51.4 Å². The fourth-order valence-electron chi connectivity index (χ4n) is 4.74. The maximum absolute atomic E-state index is 10.5. The van der Waals surface area contributed by atoms with Crippen molar-refractivity contribution in [3.8, 4) is 0 Å². The Morgan fingerprint density at radius 3 is 1.46 bits per heavy atom. The van der Waals surface area contributed by atoms with E-state index in [9.17, 15) is 8.42 Å². The molecule has 39 heavy (non-hydrogen) atoms. The van der Waals surface area contributed by atoms with Crippen LogP contribution in [0.3, 0.4) is 0 Å². The molecule has 2 aromatic carbocycles. The Kier molecular flexibility index (Phi) is 19.1. The Morgan fingerprint density at radius 2 is 1.05 bits per heavy atom. The molecule has 2 N–H and O–H groups in total. The quantitative estimate of drug-likeness (QED) is 0.125. The van der Waals surface area contributed by atoms with Crippen LogP contribution in [0.15, 0.2) is 59.5 Å². The van der Waals surface area contributed by atoms with E-state index in [-0.39, 0.29) is 10.4 Å². The van der Waals surface area contributed by atoms with Crippen molar-refractivity contribution in [1.82, 2.24) is 5.32 Å². The molecule has 0 amide bonds. The predicted octanol–water partition coefficient (Wildman–Crippen LogP) is 10.0. The van der Waals surface area contributed by atoms with Gasteiger partial charge in [-0.2, -0.15) is 8.42 Å². The molecule has 0 bridgehead atoms. The van der Waals surface area contributed by atoms with Gasteiger partial charge in [0.15, 0.2) is 0 Å². The highest BCUT2D eigenvalue weighted by molar-refractivity contribution is 7.85. The zero-order valence-electron chi connectivity index (χ0n) is 25.4. The lowest BCUT2D eigenvalue weighted by molar-refractivity contribution is 0.394. The van der Waals surface area contributed by atoms with Crippen molar-refractivity contribution in [2.45, 2.75) is 141 Å². The third kappa shape index (κ3) is 18.3. The van der Waals surface area contributed by atoms with Crippen molar-refractivity contribution in [3.05, 3.63) is 65.7 Å². The van der Waals surface area contributed by atoms with Crippen molar-refractivity contribution in [3.63, 3.8) is 0 Å². The number of unbranched alkanes of at least 4 members (excludes halogenated alkanes) is 15. The van der Waals surface area contributed by atoms with Crippen LogP contribution in [0.2, 0.25) is 0 Å². The van der Waals surface area contributed by atoms with Gasteiger partial charge in [0.25, 0.3) is 10.1 Å². The van der Waals surface area contributed by atoms with Crippen LogP contribution in [0, 0.1) is 6.92 Å². The molecule has 4 nitrogen and oxygen atoms in total. The summed E-state index contributed by atoms with van der Waals surface area (Å²) >= 11 is 0. The number of benzene rings is 2. The number of nitrogens with one attached hydrogen (secondary N) is 1. The molecule has 0 saturated heterocycles. The molecule has 0 aliphatic rings. The molecule has 0 aliphatic heterocycles. The van der Waals surface area contributed by atoms with Crippen molar-refractivity contribution in [2.75, 3.05) is 6.54 Å². The van der Waals surface area contributed by atoms with Crippen LogP contribution >= 0.6 is 0 Å². The topological polar surface area (TPSA) is 66.4 Å². The first-order valence-electron chi connectivity index (χ1n) is 15.5. The van der Waals surface area contributed by atoms with Crippen LogP contribution < -0.4 is 5.32 Å². The van der Waals surface area contributed by atoms with E-state index in [1.165, 1.54) is 120 Å². The largest absolute Gasteiger partial charge is 0.308 e. The smallest absolute Gasteiger partial charge is 0.294 e. The third-order valence-electron chi connectivity index (χ3n) is 7.41. The molecule has 2 rings (SSSR count). The van der Waals surface area contributed by atoms with Crippen LogP contribution in [-0.4, -0.2) is 19.5 Å². The minimum Gasteiger partial charge on any atom is -0.308 e. The molecule has 222 valence electrons. The third-order valence-corrected chi connectivity index (χ3v) is 8.28. The number of rotatable bonds is 20. The lowest BCUT2D eigenvalue weighted by Crippen LogP contribution is -2.37. The average Bonchev–Trinajstić information content (AvgIpc) is 2.91. The molecule has 5 heteroatoms. The first-order chi connectivity index (χ1) is 18.7. The lowest BCUT2D eigenvalue weighted by Gasteiger charge is -2.27. The van der Waals surface area contributed by atoms with Crippen LogP contribution in [0.4, 0.5) is 0 Å². The van der Waals surface area contributed by atoms with Gasteiger partial charge in [-0.3, -0.25) is 4.55 Å². The Balaban J connectivity index is 0.000000573. The zero-order valence-corrected chi connectivity index (χ0v) is 26.2. The fourth-order valence-corrected chi connectivity index (χ4v) is 5.22. The number of hydrogen-bond acceptors (Lipinski definition) is 3. The first kappa shape index (κ1) is 35.3. The van der Waals surface area contributed by atoms with E-state index in [1.54, 1.807) is 12.1 Å². The molecule has 0 heterocycles. The normalized spacial score (nSPS) is 11.7. The fraction of sp³-hybridized carbons (Fsp3) is 0.647. The van der Waals surface area contributed by atoms with Gasteiger partial charge in [0.2, 0.25) is 0 Å². The summed E-state index contributed by atoms with van der Waals surface area (Å²) in [6, 6.07) is 16.8. The molecule has 0 spiro atoms. The van der Waals surface area contributed by atoms with Gasteiger partial charge < -0.3 is 5.32 Å². The maximum Gasteiger partial charge on any atom is 0.294 e. The van der Waals surface area contributed by atoms with Crippen molar-refractivity contribution < 1.29 is 13.0 Å². The molecular weight excluding hydrogens is 502 g/mol. The highest BCUT2D eigenvalue weighted by atomic mass is 32.2. The minimum absolute atomic E-state index is 0.0666. The monoisotopic (exact) mass is 559 g/mol. The van der Waals surface area contributed by atoms with E-state index in [0.717, 1.165) is 12.1 Å². The molecular formula is C34H57NO3S. The number of aryl methyl sites for hydroxylation is 1. The molecule has 0 radical (unpaired) electrons. The Bertz CT molecular complexity index is 940. The van der Waals surface area contributed by atoms with E-state index in [4.69, 9.17) is 4.55 Å². The highest BCUT2D eigenvalue weighted by Gasteiger charge is 2.18. The molecule has 0 atom stereocenters. The summed E-state index contributed by atoms with van der Waals surface area (Å²) in [4.78, 5) is -0.0666. The van der Waals surface area contributed by atoms with Gasteiger partial charge in [0, 0.05) is 5.54 Å². The Morgan fingerprint density at radius 1 is 0.641 bits per heavy atom. The summed E-state index contributed by atoms with van der Waals surface area (Å²) in [5.41, 5.74) is 2.42. The Labute approximate surface area is 241 Å². The van der Waals surface area contributed by atoms with Gasteiger partial charge in [0.1, 0.15) is 0 Å². The van der Waals surface area contributed by atoms with Crippen molar-refractivity contribution >= 4 is 10.1 Å². The van der Waals surface area contributed by atoms with Gasteiger partial charge in [-0.25, -0.2) is 0 Å². The summed E-state index contributed by atoms with van der Waals surface area (Å²) in [6.07, 6.45) is 22.9. The van der Waals surface area contributed by atoms with Crippen LogP contribution in [0.5, 0.6) is 0 Å². The average molecular weight is 560 g/mol. The second-order valence-electron chi connectivity index (χ2n) is 11.5. The van der Waals surface area contributed by atoms with Crippen molar-refractivity contribution in [1.29, 1.82) is 0 Å². The van der Waals surface area contributed by atoms with Gasteiger partial charge in [-0.1, -0.05) is 151 Å². The van der Waals surface area contributed by atoms with Crippen molar-refractivity contribution in [2.24, 2.45) is 0 Å². The summed E-state index contributed by atoms with van der Waals surface area (Å²) in [7, 11) is -4.02. The summed E-state index contributed by atoms with van der Waals surface area (Å²) < 4.78 is 29.6. The molecule has 0 aromatic heterocycles. The zero-order chi connectivity index (χ0) is 28.8. The maximum atomic E-state index is 10.5. The molecule has 2 aromatic rings. The summed E-state index contributed by atoms with van der Waals surface area (Å²) in [5, 5.41) is 3.72. The van der Waals surface area contributed by atoms with Crippen LogP contribution in [0.25, 0.3) is 0 Å². The molecule has 0 saturated carbocycles. The summed E-state index contributed by atoms with van der Waals surface area (Å²) in [6.45, 7) is 9.84. The SMILES string of the molecule is CCCCCCCCCCCCCCCCCCNC(C)(C)c1ccccc1.Cc1ccc(S(=O)(=O)O)cc1. The Hall–Kier alpha value is -1.69. The molecule has 0 aliphatic carbocycles. The standard InChI is InChI=1S/C27H49N.C7H8O3S/c1-4-5-6-7-8-9-10-11-12-13-14-15-16-17-18-22-25-28-27(2,3)26-23-20-19-21-24-26;1-6-2-4-7(5-3-6)11(8,9)10/h19-21,23-24,28H,4-18,22,25H2,1-3H3;2-5H,1H3,(H,8,9,10). The second kappa shape index (κ2) is 21.1. The highest BCUT2D eigenvalue weighted by Crippen LogP contribution is 2.19. The van der Waals surface area contributed by atoms with E-state index < -0.39 is 10.1 Å². The molecule has 0 unspecified atom stereocenters. The van der Waals surface area contributed by atoms with Crippen LogP contribution in [-0.2, 0) is 15.7 Å². The van der Waals surface area contributed by atoms with E-state index in [0.29, 0.717) is 0 Å². The summed E-state index contributed by atoms with van der Waals surface area (Å²) in [5.74, 6) is 0. The van der Waals surface area contributed by atoms with E-state index in [1.807, 2.05) is 6.92 Å². The predicted molar refractivity (Wildman–Crippen MR) is 168 cm³/mol. The van der Waals surface area contributed by atoms with Gasteiger partial charge in [-0.15, -0.1) is 0 Å². The first-order valence-corrected chi connectivity index (χ1v) is 17.0. The second-order valence-corrected chi connectivity index (χ2v) is 12.9. The van der Waals surface area contributed by atoms with E-state index in [2.05, 4.69) is 56.4 Å². The number of hydrogen-bond donors (Lipinski definition) is 2. The van der Waals surface area contributed by atoms with Gasteiger partial charge >= 0.3 is 0 Å².